The molecule has 1 aliphatic rings. The number of hydrogen-bond acceptors (Lipinski definition) is 4. The molecule has 2 rings (SSSR count). The van der Waals surface area contributed by atoms with Crippen LogP contribution >= 0.6 is 0 Å². The van der Waals surface area contributed by atoms with Crippen molar-refractivity contribution in [2.45, 2.75) is 32.3 Å². The van der Waals surface area contributed by atoms with E-state index in [0.717, 1.165) is 37.2 Å². The predicted molar refractivity (Wildman–Crippen MR) is 78.5 cm³/mol. The molecule has 1 aliphatic heterocycles. The maximum absolute atomic E-state index is 11.2. The minimum atomic E-state index is 0.149. The molecule has 0 aliphatic carbocycles. The molecule has 1 aromatic carbocycles. The van der Waals surface area contributed by atoms with Crippen LogP contribution in [0.2, 0.25) is 0 Å². The Labute approximate surface area is 120 Å². The van der Waals surface area contributed by atoms with Crippen molar-refractivity contribution in [3.8, 4) is 11.5 Å². The van der Waals surface area contributed by atoms with E-state index in [4.69, 9.17) is 9.47 Å². The van der Waals surface area contributed by atoms with Crippen LogP contribution in [-0.4, -0.2) is 44.0 Å². The molecule has 1 fully saturated rings. The van der Waals surface area contributed by atoms with Gasteiger partial charge in [0, 0.05) is 19.5 Å². The Morgan fingerprint density at radius 3 is 2.60 bits per heavy atom. The van der Waals surface area contributed by atoms with E-state index in [1.807, 2.05) is 18.2 Å². The molecule has 0 amide bonds. The fourth-order valence-electron chi connectivity index (χ4n) is 2.49. The summed E-state index contributed by atoms with van der Waals surface area (Å²) in [6, 6.07) is 5.75. The van der Waals surface area contributed by atoms with Crippen LogP contribution in [0.4, 0.5) is 0 Å². The monoisotopic (exact) mass is 277 g/mol. The van der Waals surface area contributed by atoms with E-state index in [2.05, 4.69) is 11.9 Å². The molecule has 110 valence electrons. The van der Waals surface area contributed by atoms with Crippen LogP contribution < -0.4 is 9.47 Å². The highest BCUT2D eigenvalue weighted by Gasteiger charge is 2.19. The van der Waals surface area contributed by atoms with Gasteiger partial charge in [0.05, 0.1) is 7.11 Å². The smallest absolute Gasteiger partial charge is 0.161 e. The van der Waals surface area contributed by atoms with Crippen LogP contribution in [-0.2, 0) is 11.2 Å². The summed E-state index contributed by atoms with van der Waals surface area (Å²) in [5.41, 5.74) is 0.963. The first-order valence-electron chi connectivity index (χ1n) is 7.10. The highest BCUT2D eigenvalue weighted by Crippen LogP contribution is 2.30. The van der Waals surface area contributed by atoms with Gasteiger partial charge >= 0.3 is 0 Å². The molecule has 0 spiro atoms. The maximum Gasteiger partial charge on any atom is 0.161 e. The lowest BCUT2D eigenvalue weighted by Gasteiger charge is -2.29. The van der Waals surface area contributed by atoms with Crippen LogP contribution in [0.5, 0.6) is 11.5 Å². The molecule has 1 aromatic rings. The highest BCUT2D eigenvalue weighted by molar-refractivity contribution is 5.78. The van der Waals surface area contributed by atoms with Crippen molar-refractivity contribution in [3.63, 3.8) is 0 Å². The largest absolute Gasteiger partial charge is 0.493 e. The average molecular weight is 277 g/mol. The predicted octanol–water partition coefficient (Wildman–Crippen LogP) is 2.30. The number of Topliss-reactive ketones (excluding diaryl/α,β-unsaturated/α-hetero) is 1. The Balaban J connectivity index is 2.05. The number of rotatable bonds is 5. The lowest BCUT2D eigenvalue weighted by atomic mass is 10.1. The fraction of sp³-hybridized carbons (Fsp3) is 0.562. The van der Waals surface area contributed by atoms with Gasteiger partial charge in [-0.15, -0.1) is 0 Å². The minimum Gasteiger partial charge on any atom is -0.493 e. The first-order valence-corrected chi connectivity index (χ1v) is 7.10. The van der Waals surface area contributed by atoms with Gasteiger partial charge in [-0.2, -0.15) is 0 Å². The summed E-state index contributed by atoms with van der Waals surface area (Å²) >= 11 is 0. The lowest BCUT2D eigenvalue weighted by Crippen LogP contribution is -2.35. The number of likely N-dealkylation sites (tertiary alicyclic amines) is 1. The number of ketones is 1. The number of ether oxygens (including phenoxy) is 2. The van der Waals surface area contributed by atoms with E-state index < -0.39 is 0 Å². The Kier molecular flexibility index (Phi) is 5.01. The second kappa shape index (κ2) is 6.75. The molecule has 0 saturated carbocycles. The average Bonchev–Trinajstić information content (AvgIpc) is 2.42. The number of piperidine rings is 1. The van der Waals surface area contributed by atoms with Crippen LogP contribution in [0, 0.1) is 0 Å². The molecule has 20 heavy (non-hydrogen) atoms. The number of nitrogens with zero attached hydrogens (tertiary/aromatic N) is 1. The summed E-state index contributed by atoms with van der Waals surface area (Å²) < 4.78 is 11.4. The van der Waals surface area contributed by atoms with Crippen molar-refractivity contribution in [3.05, 3.63) is 23.8 Å². The topological polar surface area (TPSA) is 38.8 Å². The van der Waals surface area contributed by atoms with Crippen molar-refractivity contribution in [1.29, 1.82) is 0 Å². The van der Waals surface area contributed by atoms with Crippen molar-refractivity contribution in [2.24, 2.45) is 0 Å². The van der Waals surface area contributed by atoms with Gasteiger partial charge in [0.2, 0.25) is 0 Å². The van der Waals surface area contributed by atoms with Crippen molar-refractivity contribution in [1.82, 2.24) is 4.90 Å². The zero-order chi connectivity index (χ0) is 14.5. The highest BCUT2D eigenvalue weighted by atomic mass is 16.5. The zero-order valence-electron chi connectivity index (χ0n) is 12.5. The van der Waals surface area contributed by atoms with Crippen LogP contribution in [0.1, 0.15) is 25.3 Å². The van der Waals surface area contributed by atoms with E-state index in [1.165, 1.54) is 0 Å². The standard InChI is InChI=1S/C16H23NO3/c1-12(18)10-13-4-5-15(16(11-13)19-3)20-14-6-8-17(2)9-7-14/h4-5,11,14H,6-10H2,1-3H3. The number of methoxy groups -OCH3 is 1. The maximum atomic E-state index is 11.2. The second-order valence-corrected chi connectivity index (χ2v) is 5.48. The molecular weight excluding hydrogens is 254 g/mol. The molecule has 0 N–H and O–H groups in total. The van der Waals surface area contributed by atoms with Gasteiger partial charge < -0.3 is 14.4 Å². The summed E-state index contributed by atoms with van der Waals surface area (Å²) in [7, 11) is 3.77. The number of carbonyl (C=O) groups excluding carboxylic acids is 1. The molecule has 4 nitrogen and oxygen atoms in total. The normalized spacial score (nSPS) is 16.9. The summed E-state index contributed by atoms with van der Waals surface area (Å²) in [5, 5.41) is 0. The van der Waals surface area contributed by atoms with Gasteiger partial charge in [-0.1, -0.05) is 6.07 Å². The quantitative estimate of drug-likeness (QED) is 0.828. The Morgan fingerprint density at radius 1 is 1.30 bits per heavy atom. The van der Waals surface area contributed by atoms with E-state index in [-0.39, 0.29) is 11.9 Å². The molecule has 0 atom stereocenters. The van der Waals surface area contributed by atoms with Crippen molar-refractivity contribution < 1.29 is 14.3 Å². The lowest BCUT2D eigenvalue weighted by molar-refractivity contribution is -0.116. The zero-order valence-corrected chi connectivity index (χ0v) is 12.5. The molecule has 0 bridgehead atoms. The first-order chi connectivity index (χ1) is 9.58. The van der Waals surface area contributed by atoms with Crippen LogP contribution in [0.3, 0.4) is 0 Å². The third kappa shape index (κ3) is 3.97. The Hall–Kier alpha value is -1.55. The molecule has 1 heterocycles. The van der Waals surface area contributed by atoms with E-state index >= 15 is 0 Å². The number of benzene rings is 1. The summed E-state index contributed by atoms with van der Waals surface area (Å²) in [5.74, 6) is 1.63. The van der Waals surface area contributed by atoms with Gasteiger partial charge in [0.15, 0.2) is 11.5 Å². The first kappa shape index (κ1) is 14.9. The number of hydrogen-bond donors (Lipinski definition) is 0. The van der Waals surface area contributed by atoms with E-state index in [0.29, 0.717) is 12.2 Å². The van der Waals surface area contributed by atoms with Gasteiger partial charge in [0.25, 0.3) is 0 Å². The summed E-state index contributed by atoms with van der Waals surface area (Å²) in [6.45, 7) is 3.72. The van der Waals surface area contributed by atoms with Crippen LogP contribution in [0.25, 0.3) is 0 Å². The van der Waals surface area contributed by atoms with Crippen LogP contribution in [0.15, 0.2) is 18.2 Å². The molecule has 4 heteroatoms. The Bertz CT molecular complexity index is 465. The SMILES string of the molecule is COc1cc(CC(C)=O)ccc1OC1CCN(C)CC1. The third-order valence-corrected chi connectivity index (χ3v) is 3.64. The molecule has 0 radical (unpaired) electrons. The minimum absolute atomic E-state index is 0.149. The summed E-state index contributed by atoms with van der Waals surface area (Å²) in [4.78, 5) is 13.5. The van der Waals surface area contributed by atoms with E-state index in [1.54, 1.807) is 14.0 Å². The fourth-order valence-corrected chi connectivity index (χ4v) is 2.49. The molecule has 1 saturated heterocycles. The molecule has 0 aromatic heterocycles. The van der Waals surface area contributed by atoms with Gasteiger partial charge in [-0.05, 0) is 44.5 Å². The van der Waals surface area contributed by atoms with Gasteiger partial charge in [-0.25, -0.2) is 0 Å². The molecular formula is C16H23NO3. The van der Waals surface area contributed by atoms with E-state index in [9.17, 15) is 4.79 Å². The van der Waals surface area contributed by atoms with Crippen molar-refractivity contribution >= 4 is 5.78 Å². The van der Waals surface area contributed by atoms with Gasteiger partial charge in [-0.3, -0.25) is 4.79 Å². The molecule has 0 unspecified atom stereocenters. The second-order valence-electron chi connectivity index (χ2n) is 5.48. The Morgan fingerprint density at radius 2 is 2.00 bits per heavy atom. The van der Waals surface area contributed by atoms with Gasteiger partial charge in [0.1, 0.15) is 11.9 Å². The third-order valence-electron chi connectivity index (χ3n) is 3.64. The number of carbonyl (C=O) groups is 1. The van der Waals surface area contributed by atoms with Crippen molar-refractivity contribution in [2.75, 3.05) is 27.2 Å². The summed E-state index contributed by atoms with van der Waals surface area (Å²) in [6.07, 6.45) is 2.76.